The summed E-state index contributed by atoms with van der Waals surface area (Å²) in [5.74, 6) is 0.252. The van der Waals surface area contributed by atoms with Crippen molar-refractivity contribution in [2.45, 2.75) is 51.8 Å². The summed E-state index contributed by atoms with van der Waals surface area (Å²) in [5.41, 5.74) is 14.4. The van der Waals surface area contributed by atoms with Crippen molar-refractivity contribution in [1.29, 1.82) is 0 Å². The molecule has 0 unspecified atom stereocenters. The molecule has 0 bridgehead atoms. The molecule has 0 saturated heterocycles. The fraction of sp³-hybridized carbons (Fsp3) is 0.382. The molecule has 0 fully saturated rings. The van der Waals surface area contributed by atoms with Gasteiger partial charge in [-0.1, -0.05) is 32.0 Å². The van der Waals surface area contributed by atoms with Gasteiger partial charge in [0.15, 0.2) is 11.5 Å². The number of carbonyl (C=O) groups excluding carboxylic acids is 3. The lowest BCUT2D eigenvalue weighted by Gasteiger charge is -2.25. The third kappa shape index (κ3) is 8.96. The Hall–Kier alpha value is -4.61. The summed E-state index contributed by atoms with van der Waals surface area (Å²) in [7, 11) is 1.61. The molecule has 1 aliphatic rings. The van der Waals surface area contributed by atoms with E-state index in [9.17, 15) is 14.4 Å². The molecule has 0 aliphatic carbocycles. The number of esters is 1. The molecule has 45 heavy (non-hydrogen) atoms. The largest absolute Gasteiger partial charge is 0.497 e. The first-order valence-corrected chi connectivity index (χ1v) is 15.1. The lowest BCUT2D eigenvalue weighted by atomic mass is 10.0. The fourth-order valence-corrected chi connectivity index (χ4v) is 5.15. The van der Waals surface area contributed by atoms with Gasteiger partial charge in [0.05, 0.1) is 12.7 Å². The van der Waals surface area contributed by atoms with Crippen LogP contribution in [0.4, 0.5) is 0 Å². The second-order valence-electron chi connectivity index (χ2n) is 10.9. The molecule has 240 valence electrons. The average Bonchev–Trinajstić information content (AvgIpc) is 3.51. The van der Waals surface area contributed by atoms with E-state index >= 15 is 0 Å². The highest BCUT2D eigenvalue weighted by molar-refractivity contribution is 6.03. The molecular formula is C34H42N4O7. The standard InChI is InChI=1S/C34H42N4O7/c1-4-11-38(12-5-2)33(40)25-16-24(32(36)39)17-26(18-25)34(41)45-31(20-37-19-23-7-6-8-27(13-23)42-3)28(35)14-22-9-10-29-30(15-22)44-21-43-29/h6-10,13,15-18,28,31,37H,4-5,11-12,14,19-21,35H2,1-3H3,(H2,36,39)/t28-,31+/m0/s1. The predicted molar refractivity (Wildman–Crippen MR) is 170 cm³/mol. The van der Waals surface area contributed by atoms with E-state index in [1.54, 1.807) is 12.0 Å². The van der Waals surface area contributed by atoms with Gasteiger partial charge in [-0.15, -0.1) is 0 Å². The van der Waals surface area contributed by atoms with Gasteiger partial charge in [-0.05, 0) is 72.9 Å². The van der Waals surface area contributed by atoms with Crippen molar-refractivity contribution < 1.29 is 33.3 Å². The first-order valence-electron chi connectivity index (χ1n) is 15.1. The van der Waals surface area contributed by atoms with Gasteiger partial charge >= 0.3 is 5.97 Å². The Labute approximate surface area is 263 Å². The average molecular weight is 619 g/mol. The summed E-state index contributed by atoms with van der Waals surface area (Å²) in [6.45, 7) is 5.91. The first kappa shape index (κ1) is 33.3. The van der Waals surface area contributed by atoms with Gasteiger partial charge in [-0.25, -0.2) is 4.79 Å². The molecule has 0 aromatic heterocycles. The minimum absolute atomic E-state index is 0.0377. The molecule has 1 heterocycles. The Balaban J connectivity index is 1.56. The molecule has 3 aromatic rings. The number of nitrogens with two attached hydrogens (primary N) is 2. The Bertz CT molecular complexity index is 1490. The maximum atomic E-state index is 13.6. The number of hydrogen-bond donors (Lipinski definition) is 3. The van der Waals surface area contributed by atoms with Crippen LogP contribution in [0.15, 0.2) is 60.7 Å². The highest BCUT2D eigenvalue weighted by atomic mass is 16.7. The van der Waals surface area contributed by atoms with Crippen molar-refractivity contribution in [3.8, 4) is 17.2 Å². The number of rotatable bonds is 16. The maximum absolute atomic E-state index is 13.6. The second-order valence-corrected chi connectivity index (χ2v) is 10.9. The van der Waals surface area contributed by atoms with Crippen LogP contribution in [0.5, 0.6) is 17.2 Å². The maximum Gasteiger partial charge on any atom is 0.338 e. The predicted octanol–water partition coefficient (Wildman–Crippen LogP) is 3.67. The summed E-state index contributed by atoms with van der Waals surface area (Å²) in [4.78, 5) is 40.9. The van der Waals surface area contributed by atoms with Gasteiger partial charge in [0, 0.05) is 43.3 Å². The number of ether oxygens (including phenoxy) is 4. The second kappa shape index (κ2) is 15.9. The third-order valence-electron chi connectivity index (χ3n) is 7.43. The molecule has 5 N–H and O–H groups in total. The van der Waals surface area contributed by atoms with E-state index in [1.807, 2.05) is 56.3 Å². The Morgan fingerprint density at radius 1 is 0.911 bits per heavy atom. The van der Waals surface area contributed by atoms with Crippen LogP contribution in [-0.2, 0) is 17.7 Å². The highest BCUT2D eigenvalue weighted by Gasteiger charge is 2.26. The van der Waals surface area contributed by atoms with Crippen molar-refractivity contribution in [1.82, 2.24) is 10.2 Å². The van der Waals surface area contributed by atoms with Gasteiger partial charge in [-0.3, -0.25) is 9.59 Å². The number of hydrogen-bond acceptors (Lipinski definition) is 9. The van der Waals surface area contributed by atoms with E-state index < -0.39 is 24.0 Å². The zero-order chi connectivity index (χ0) is 32.3. The van der Waals surface area contributed by atoms with Crippen molar-refractivity contribution in [2.24, 2.45) is 11.5 Å². The van der Waals surface area contributed by atoms with Gasteiger partial charge in [0.25, 0.3) is 5.91 Å². The number of methoxy groups -OCH3 is 1. The third-order valence-corrected chi connectivity index (χ3v) is 7.43. The highest BCUT2D eigenvalue weighted by Crippen LogP contribution is 2.33. The zero-order valence-electron chi connectivity index (χ0n) is 26.0. The molecule has 1 aliphatic heterocycles. The van der Waals surface area contributed by atoms with Crippen LogP contribution in [0.2, 0.25) is 0 Å². The van der Waals surface area contributed by atoms with Crippen LogP contribution >= 0.6 is 0 Å². The molecular weight excluding hydrogens is 576 g/mol. The molecule has 0 spiro atoms. The molecule has 2 amide bonds. The summed E-state index contributed by atoms with van der Waals surface area (Å²) >= 11 is 0. The smallest absolute Gasteiger partial charge is 0.338 e. The molecule has 11 heteroatoms. The van der Waals surface area contributed by atoms with Crippen LogP contribution in [-0.4, -0.2) is 68.4 Å². The van der Waals surface area contributed by atoms with E-state index in [2.05, 4.69) is 5.32 Å². The summed E-state index contributed by atoms with van der Waals surface area (Å²) in [6.07, 6.45) is 1.13. The van der Waals surface area contributed by atoms with Gasteiger partial charge < -0.3 is 40.6 Å². The zero-order valence-corrected chi connectivity index (χ0v) is 26.0. The number of amides is 2. The Kier molecular flexibility index (Phi) is 11.8. The van der Waals surface area contributed by atoms with Crippen molar-refractivity contribution in [3.63, 3.8) is 0 Å². The van der Waals surface area contributed by atoms with Crippen molar-refractivity contribution in [3.05, 3.63) is 88.5 Å². The fourth-order valence-electron chi connectivity index (χ4n) is 5.15. The van der Waals surface area contributed by atoms with Crippen LogP contribution < -0.4 is 31.0 Å². The topological polar surface area (TPSA) is 155 Å². The number of carbonyl (C=O) groups is 3. The van der Waals surface area contributed by atoms with E-state index in [0.29, 0.717) is 37.6 Å². The monoisotopic (exact) mass is 618 g/mol. The molecule has 2 atom stereocenters. The number of benzene rings is 3. The lowest BCUT2D eigenvalue weighted by molar-refractivity contribution is 0.0238. The van der Waals surface area contributed by atoms with Gasteiger partial charge in [-0.2, -0.15) is 0 Å². The van der Waals surface area contributed by atoms with Crippen LogP contribution in [0.1, 0.15) is 68.9 Å². The number of nitrogens with one attached hydrogen (secondary N) is 1. The number of primary amides is 1. The number of nitrogens with zero attached hydrogens (tertiary/aromatic N) is 1. The van der Waals surface area contributed by atoms with E-state index in [4.69, 9.17) is 30.4 Å². The molecule has 11 nitrogen and oxygen atoms in total. The van der Waals surface area contributed by atoms with Crippen LogP contribution in [0, 0.1) is 0 Å². The molecule has 4 rings (SSSR count). The lowest BCUT2D eigenvalue weighted by Crippen LogP contribution is -2.46. The van der Waals surface area contributed by atoms with Gasteiger partial charge in [0.2, 0.25) is 12.7 Å². The van der Waals surface area contributed by atoms with E-state index in [0.717, 1.165) is 29.7 Å². The quantitative estimate of drug-likeness (QED) is 0.204. The normalized spacial score (nSPS) is 13.2. The van der Waals surface area contributed by atoms with Crippen LogP contribution in [0.25, 0.3) is 0 Å². The minimum atomic E-state index is -0.776. The van der Waals surface area contributed by atoms with E-state index in [-0.39, 0.29) is 35.9 Å². The Morgan fingerprint density at radius 3 is 2.33 bits per heavy atom. The summed E-state index contributed by atoms with van der Waals surface area (Å²) in [5, 5.41) is 3.33. The Morgan fingerprint density at radius 2 is 1.62 bits per heavy atom. The van der Waals surface area contributed by atoms with Gasteiger partial charge in [0.1, 0.15) is 11.9 Å². The summed E-state index contributed by atoms with van der Waals surface area (Å²) in [6, 6.07) is 16.8. The first-order chi connectivity index (χ1) is 21.7. The van der Waals surface area contributed by atoms with Crippen molar-refractivity contribution in [2.75, 3.05) is 33.5 Å². The number of fused-ring (bicyclic) bond motifs is 1. The van der Waals surface area contributed by atoms with Crippen molar-refractivity contribution >= 4 is 17.8 Å². The molecule has 0 radical (unpaired) electrons. The summed E-state index contributed by atoms with van der Waals surface area (Å²) < 4.78 is 22.2. The molecule has 3 aromatic carbocycles. The molecule has 0 saturated carbocycles. The van der Waals surface area contributed by atoms with Crippen LogP contribution in [0.3, 0.4) is 0 Å². The minimum Gasteiger partial charge on any atom is -0.497 e. The van der Waals surface area contributed by atoms with E-state index in [1.165, 1.54) is 18.2 Å². The SMILES string of the molecule is CCCN(CCC)C(=O)c1cc(C(N)=O)cc(C(=O)O[C@H](CNCc2cccc(OC)c2)[C@@H](N)Cc2ccc3c(c2)OCO3)c1.